The lowest BCUT2D eigenvalue weighted by Gasteiger charge is -2.01. The number of aliphatic hydroxyl groups is 1. The number of benzene rings is 1. The summed E-state index contributed by atoms with van der Waals surface area (Å²) < 4.78 is 22.3. The van der Waals surface area contributed by atoms with E-state index in [1.807, 2.05) is 0 Å². The van der Waals surface area contributed by atoms with Crippen molar-refractivity contribution in [2.24, 2.45) is 0 Å². The van der Waals surface area contributed by atoms with Crippen LogP contribution in [0.25, 0.3) is 0 Å². The molecule has 6 nitrogen and oxygen atoms in total. The van der Waals surface area contributed by atoms with Crippen LogP contribution in [0.3, 0.4) is 0 Å². The summed E-state index contributed by atoms with van der Waals surface area (Å²) in [5, 5.41) is 9.98. The molecule has 0 bridgehead atoms. The van der Waals surface area contributed by atoms with Gasteiger partial charge in [0.1, 0.15) is 0 Å². The monoisotopic (exact) mass is 356 g/mol. The molecule has 0 spiro atoms. The summed E-state index contributed by atoms with van der Waals surface area (Å²) >= 11 is 17.0. The van der Waals surface area contributed by atoms with Crippen LogP contribution in [0, 0.1) is 0 Å². The Bertz CT molecular complexity index is 443. The summed E-state index contributed by atoms with van der Waals surface area (Å²) in [7, 11) is -6.40. The van der Waals surface area contributed by atoms with E-state index < -0.39 is 16.5 Å². The molecule has 0 aliphatic carbocycles. The second kappa shape index (κ2) is 9.32. The topological polar surface area (TPSA) is 104 Å². The van der Waals surface area contributed by atoms with Crippen molar-refractivity contribution in [3.8, 4) is 0 Å². The van der Waals surface area contributed by atoms with Crippen LogP contribution in [0.2, 0.25) is 15.1 Å². The number of hydrogen-bond donors (Lipinski definition) is 3. The van der Waals surface area contributed by atoms with E-state index in [-0.39, 0.29) is 6.61 Å². The number of rotatable bonds is 3. The Labute approximate surface area is 119 Å². The van der Waals surface area contributed by atoms with Crippen LogP contribution in [-0.4, -0.2) is 14.9 Å². The van der Waals surface area contributed by atoms with Gasteiger partial charge in [-0.15, -0.1) is 0 Å². The van der Waals surface area contributed by atoms with E-state index in [1.165, 1.54) is 6.07 Å². The van der Waals surface area contributed by atoms with Crippen LogP contribution < -0.4 is 0 Å². The minimum absolute atomic E-state index is 0.129. The van der Waals surface area contributed by atoms with Gasteiger partial charge in [-0.05, 0) is 17.7 Å². The highest BCUT2D eigenvalue weighted by molar-refractivity contribution is 7.46. The Morgan fingerprint density at radius 1 is 1.00 bits per heavy atom. The van der Waals surface area contributed by atoms with Crippen molar-refractivity contribution in [3.05, 3.63) is 32.8 Å². The first-order valence-electron chi connectivity index (χ1n) is 4.16. The summed E-state index contributed by atoms with van der Waals surface area (Å²) in [6.45, 7) is -0.129. The van der Waals surface area contributed by atoms with E-state index in [1.54, 1.807) is 6.07 Å². The molecule has 0 amide bonds. The lowest BCUT2D eigenvalue weighted by molar-refractivity contribution is 0.282. The third kappa shape index (κ3) is 7.74. The second-order valence-electron chi connectivity index (χ2n) is 2.65. The van der Waals surface area contributed by atoms with Gasteiger partial charge in [-0.3, -0.25) is 9.13 Å². The summed E-state index contributed by atoms with van der Waals surface area (Å²) in [6.07, 6.45) is 0. The van der Waals surface area contributed by atoms with Crippen molar-refractivity contribution in [1.29, 1.82) is 0 Å². The van der Waals surface area contributed by atoms with Gasteiger partial charge in [0.05, 0.1) is 16.7 Å². The highest BCUT2D eigenvalue weighted by atomic mass is 35.5. The van der Waals surface area contributed by atoms with E-state index in [2.05, 4.69) is 4.31 Å². The summed E-state index contributed by atoms with van der Waals surface area (Å²) in [6, 6.07) is 3.06. The molecule has 2 unspecified atom stereocenters. The molecule has 1 rings (SSSR count). The zero-order valence-electron chi connectivity index (χ0n) is 8.56. The minimum atomic E-state index is -3.20. The van der Waals surface area contributed by atoms with Gasteiger partial charge in [-0.2, -0.15) is 0 Å². The Morgan fingerprint density at radius 3 is 1.78 bits per heavy atom. The molecule has 11 heteroatoms. The van der Waals surface area contributed by atoms with E-state index in [4.69, 9.17) is 49.7 Å². The van der Waals surface area contributed by atoms with Crippen LogP contribution >= 0.6 is 51.3 Å². The molecule has 18 heavy (non-hydrogen) atoms. The molecule has 0 aromatic heterocycles. The summed E-state index contributed by atoms with van der Waals surface area (Å²) in [4.78, 5) is 15.4. The molecule has 0 heterocycles. The standard InChI is InChI=1S/C7H5Cl3O.H4O5P2/c8-5-2-7(10)6(9)1-4(5)3-11;1-6(2)5-7(3)4/h1-2,11H,3H2;6-7H,(H,1,2)(H,3,4). The Kier molecular flexibility index (Phi) is 9.52. The Morgan fingerprint density at radius 2 is 1.44 bits per heavy atom. The van der Waals surface area contributed by atoms with Gasteiger partial charge < -0.3 is 14.9 Å². The molecule has 0 radical (unpaired) electrons. The van der Waals surface area contributed by atoms with Gasteiger partial charge in [-0.25, -0.2) is 4.31 Å². The van der Waals surface area contributed by atoms with Crippen LogP contribution in [0.4, 0.5) is 0 Å². The van der Waals surface area contributed by atoms with Gasteiger partial charge in [0.15, 0.2) is 0 Å². The fourth-order valence-electron chi connectivity index (χ4n) is 0.760. The van der Waals surface area contributed by atoms with Crippen molar-refractivity contribution in [2.75, 3.05) is 0 Å². The number of halogens is 3. The highest BCUT2D eigenvalue weighted by Crippen LogP contribution is 2.30. The third-order valence-corrected chi connectivity index (χ3v) is 3.91. The number of aliphatic hydroxyl groups excluding tert-OH is 1. The Balaban J connectivity index is 0.000000360. The van der Waals surface area contributed by atoms with Gasteiger partial charge in [0, 0.05) is 5.02 Å². The largest absolute Gasteiger partial charge is 0.392 e. The summed E-state index contributed by atoms with van der Waals surface area (Å²) in [5.41, 5.74) is 0.584. The first kappa shape index (κ1) is 18.4. The molecule has 104 valence electrons. The molecule has 0 saturated heterocycles. The molecule has 0 aliphatic heterocycles. The highest BCUT2D eigenvalue weighted by Gasteiger charge is 2.03. The summed E-state index contributed by atoms with van der Waals surface area (Å²) in [5.74, 6) is 0. The minimum Gasteiger partial charge on any atom is -0.392 e. The van der Waals surface area contributed by atoms with Gasteiger partial charge >= 0.3 is 16.5 Å². The van der Waals surface area contributed by atoms with Crippen molar-refractivity contribution >= 4 is 51.3 Å². The van der Waals surface area contributed by atoms with Gasteiger partial charge in [-0.1, -0.05) is 34.8 Å². The SMILES string of the molecule is O=[PH](O)O[PH](=O)O.OCc1cc(Cl)c(Cl)cc1Cl. The molecule has 3 N–H and O–H groups in total. The number of hydrogen-bond acceptors (Lipinski definition) is 4. The maximum absolute atomic E-state index is 9.44. The van der Waals surface area contributed by atoms with Crippen molar-refractivity contribution in [1.82, 2.24) is 0 Å². The predicted molar refractivity (Wildman–Crippen MR) is 70.9 cm³/mol. The van der Waals surface area contributed by atoms with Crippen molar-refractivity contribution < 1.29 is 28.3 Å². The molecule has 2 atom stereocenters. The first-order chi connectivity index (χ1) is 8.27. The molecular formula is C7H9Cl3O6P2. The van der Waals surface area contributed by atoms with E-state index in [9.17, 15) is 9.13 Å². The molecule has 0 aliphatic rings. The fraction of sp³-hybridized carbons (Fsp3) is 0.143. The van der Waals surface area contributed by atoms with Crippen LogP contribution in [0.15, 0.2) is 12.1 Å². The molecule has 1 aromatic carbocycles. The molecule has 0 saturated carbocycles. The van der Waals surface area contributed by atoms with Crippen LogP contribution in [0.5, 0.6) is 0 Å². The zero-order valence-corrected chi connectivity index (χ0v) is 12.8. The average Bonchev–Trinajstić information content (AvgIpc) is 2.22. The van der Waals surface area contributed by atoms with Gasteiger partial charge in [0.2, 0.25) is 0 Å². The smallest absolute Gasteiger partial charge is 0.323 e. The maximum Gasteiger partial charge on any atom is 0.323 e. The first-order valence-corrected chi connectivity index (χ1v) is 7.82. The van der Waals surface area contributed by atoms with Crippen LogP contribution in [0.1, 0.15) is 5.56 Å². The fourth-order valence-corrected chi connectivity index (χ4v) is 1.99. The quantitative estimate of drug-likeness (QED) is 0.567. The third-order valence-electron chi connectivity index (χ3n) is 1.43. The lowest BCUT2D eigenvalue weighted by Crippen LogP contribution is -1.84. The second-order valence-corrected chi connectivity index (χ2v) is 5.75. The molecular weight excluding hydrogens is 348 g/mol. The lowest BCUT2D eigenvalue weighted by atomic mass is 10.2. The average molecular weight is 357 g/mol. The van der Waals surface area contributed by atoms with E-state index in [0.717, 1.165) is 0 Å². The normalized spacial score (nSPS) is 13.4. The molecule has 1 aromatic rings. The van der Waals surface area contributed by atoms with E-state index in [0.29, 0.717) is 20.6 Å². The van der Waals surface area contributed by atoms with E-state index >= 15 is 0 Å². The molecule has 0 fully saturated rings. The Hall–Kier alpha value is 0.390. The van der Waals surface area contributed by atoms with Crippen molar-refractivity contribution in [2.45, 2.75) is 6.61 Å². The maximum atomic E-state index is 9.44. The zero-order chi connectivity index (χ0) is 14.3. The van der Waals surface area contributed by atoms with Gasteiger partial charge in [0.25, 0.3) is 0 Å². The van der Waals surface area contributed by atoms with Crippen molar-refractivity contribution in [3.63, 3.8) is 0 Å². The van der Waals surface area contributed by atoms with Crippen LogP contribution in [-0.2, 0) is 20.0 Å². The predicted octanol–water partition coefficient (Wildman–Crippen LogP) is 2.91.